The number of rotatable bonds is 2. The summed E-state index contributed by atoms with van der Waals surface area (Å²) in [6.45, 7) is 0. The van der Waals surface area contributed by atoms with Crippen molar-refractivity contribution in [3.8, 4) is 5.75 Å². The number of methoxy groups -OCH3 is 1. The molecule has 0 aliphatic rings. The van der Waals surface area contributed by atoms with E-state index in [1.807, 2.05) is 0 Å². The number of hydrogen-bond donors (Lipinski definition) is 0. The standard InChI is InChI=1S/C7H5Br2ClO2S/c1-12-6-3-7(13(10)11)5(9)2-4(6)8/h2-3H,1H3. The predicted octanol–water partition coefficient (Wildman–Crippen LogP) is 3.48. The Morgan fingerprint density at radius 2 is 2.00 bits per heavy atom. The molecule has 0 aromatic heterocycles. The molecular weight excluding hydrogens is 343 g/mol. The zero-order chi connectivity index (χ0) is 10.0. The highest BCUT2D eigenvalue weighted by Gasteiger charge is 2.10. The van der Waals surface area contributed by atoms with Crippen LogP contribution in [0.15, 0.2) is 26.0 Å². The molecule has 0 radical (unpaired) electrons. The molecule has 0 aliphatic heterocycles. The van der Waals surface area contributed by atoms with Crippen molar-refractivity contribution in [2.45, 2.75) is 4.90 Å². The zero-order valence-corrected chi connectivity index (χ0v) is 11.3. The van der Waals surface area contributed by atoms with Crippen molar-refractivity contribution in [1.82, 2.24) is 0 Å². The van der Waals surface area contributed by atoms with Gasteiger partial charge in [-0.3, -0.25) is 0 Å². The van der Waals surface area contributed by atoms with E-state index < -0.39 is 10.0 Å². The van der Waals surface area contributed by atoms with Crippen LogP contribution in [0.4, 0.5) is 0 Å². The van der Waals surface area contributed by atoms with Crippen LogP contribution in [-0.4, -0.2) is 11.3 Å². The first kappa shape index (κ1) is 11.5. The second kappa shape index (κ2) is 4.77. The molecule has 0 saturated carbocycles. The Kier molecular flexibility index (Phi) is 4.22. The third-order valence-electron chi connectivity index (χ3n) is 1.38. The van der Waals surface area contributed by atoms with Crippen molar-refractivity contribution in [2.24, 2.45) is 0 Å². The maximum absolute atomic E-state index is 11.0. The Hall–Kier alpha value is 0.420. The highest BCUT2D eigenvalue weighted by Crippen LogP contribution is 2.33. The van der Waals surface area contributed by atoms with Crippen LogP contribution in [-0.2, 0) is 10.0 Å². The van der Waals surface area contributed by atoms with Gasteiger partial charge < -0.3 is 4.74 Å². The van der Waals surface area contributed by atoms with Gasteiger partial charge in [-0.25, -0.2) is 4.21 Å². The second-order valence-electron chi connectivity index (χ2n) is 2.14. The van der Waals surface area contributed by atoms with Gasteiger partial charge in [-0.05, 0) is 54.7 Å². The Balaban J connectivity index is 3.30. The van der Waals surface area contributed by atoms with E-state index >= 15 is 0 Å². The van der Waals surface area contributed by atoms with Crippen molar-refractivity contribution < 1.29 is 8.95 Å². The van der Waals surface area contributed by atoms with E-state index in [2.05, 4.69) is 31.9 Å². The second-order valence-corrected chi connectivity index (χ2v) is 5.58. The smallest absolute Gasteiger partial charge is 0.148 e. The first-order valence-electron chi connectivity index (χ1n) is 3.17. The summed E-state index contributed by atoms with van der Waals surface area (Å²) >= 11 is 6.54. The van der Waals surface area contributed by atoms with Gasteiger partial charge in [0.15, 0.2) is 0 Å². The van der Waals surface area contributed by atoms with Gasteiger partial charge >= 0.3 is 0 Å². The molecule has 0 aliphatic carbocycles. The van der Waals surface area contributed by atoms with Crippen LogP contribution in [0.2, 0.25) is 0 Å². The third kappa shape index (κ3) is 2.68. The van der Waals surface area contributed by atoms with E-state index in [1.165, 1.54) is 7.11 Å². The first-order valence-corrected chi connectivity index (χ1v) is 6.73. The van der Waals surface area contributed by atoms with E-state index in [0.717, 1.165) is 4.47 Å². The van der Waals surface area contributed by atoms with Gasteiger partial charge in [-0.2, -0.15) is 0 Å². The fraction of sp³-hybridized carbons (Fsp3) is 0.143. The molecular formula is C7H5Br2ClO2S. The highest BCUT2D eigenvalue weighted by molar-refractivity contribution is 9.11. The summed E-state index contributed by atoms with van der Waals surface area (Å²) in [6, 6.07) is 3.37. The summed E-state index contributed by atoms with van der Waals surface area (Å²) < 4.78 is 17.5. The van der Waals surface area contributed by atoms with Crippen LogP contribution in [0.25, 0.3) is 0 Å². The lowest BCUT2D eigenvalue weighted by Crippen LogP contribution is -1.89. The van der Waals surface area contributed by atoms with Gasteiger partial charge in [0.25, 0.3) is 0 Å². The van der Waals surface area contributed by atoms with Crippen LogP contribution in [0, 0.1) is 0 Å². The molecule has 72 valence electrons. The first-order chi connectivity index (χ1) is 6.06. The summed E-state index contributed by atoms with van der Waals surface area (Å²) in [5.41, 5.74) is 0. The zero-order valence-electron chi connectivity index (χ0n) is 6.51. The Morgan fingerprint density at radius 1 is 1.38 bits per heavy atom. The number of benzene rings is 1. The topological polar surface area (TPSA) is 26.3 Å². The summed E-state index contributed by atoms with van der Waals surface area (Å²) in [7, 11) is 5.46. The average molecular weight is 348 g/mol. The lowest BCUT2D eigenvalue weighted by atomic mass is 10.3. The van der Waals surface area contributed by atoms with Crippen LogP contribution in [0.5, 0.6) is 5.75 Å². The fourth-order valence-corrected chi connectivity index (χ4v) is 3.46. The lowest BCUT2D eigenvalue weighted by molar-refractivity contribution is 0.411. The number of ether oxygens (including phenoxy) is 1. The van der Waals surface area contributed by atoms with E-state index in [9.17, 15) is 4.21 Å². The molecule has 6 heteroatoms. The minimum atomic E-state index is -1.54. The SMILES string of the molecule is COc1cc(S(=O)Cl)c(Br)cc1Br. The van der Waals surface area contributed by atoms with E-state index in [-0.39, 0.29) is 0 Å². The molecule has 1 atom stereocenters. The number of halogens is 3. The monoisotopic (exact) mass is 346 g/mol. The van der Waals surface area contributed by atoms with Crippen molar-refractivity contribution in [3.63, 3.8) is 0 Å². The van der Waals surface area contributed by atoms with Crippen LogP contribution >= 0.6 is 42.5 Å². The normalized spacial score (nSPS) is 12.6. The molecule has 0 bridgehead atoms. The minimum absolute atomic E-state index is 0.502. The molecule has 1 unspecified atom stereocenters. The van der Waals surface area contributed by atoms with E-state index in [1.54, 1.807) is 12.1 Å². The molecule has 2 nitrogen and oxygen atoms in total. The molecule has 0 fully saturated rings. The van der Waals surface area contributed by atoms with E-state index in [0.29, 0.717) is 15.1 Å². The Morgan fingerprint density at radius 3 is 2.46 bits per heavy atom. The largest absolute Gasteiger partial charge is 0.496 e. The molecule has 13 heavy (non-hydrogen) atoms. The van der Waals surface area contributed by atoms with Gasteiger partial charge in [-0.15, -0.1) is 0 Å². The molecule has 1 aromatic rings. The number of hydrogen-bond acceptors (Lipinski definition) is 2. The van der Waals surface area contributed by atoms with Gasteiger partial charge in [0.1, 0.15) is 15.8 Å². The Labute approximate surface area is 99.8 Å². The fourth-order valence-electron chi connectivity index (χ4n) is 0.790. The molecule has 1 rings (SSSR count). The van der Waals surface area contributed by atoms with Crippen LogP contribution in [0.1, 0.15) is 0 Å². The van der Waals surface area contributed by atoms with Crippen molar-refractivity contribution >= 4 is 52.6 Å². The Bertz CT molecular complexity index is 357. The van der Waals surface area contributed by atoms with Gasteiger partial charge in [0.05, 0.1) is 16.5 Å². The van der Waals surface area contributed by atoms with Gasteiger partial charge in [0.2, 0.25) is 0 Å². The maximum atomic E-state index is 11.0. The van der Waals surface area contributed by atoms with Crippen LogP contribution < -0.4 is 4.74 Å². The summed E-state index contributed by atoms with van der Waals surface area (Å²) in [4.78, 5) is 0.502. The highest BCUT2D eigenvalue weighted by atomic mass is 79.9. The lowest BCUT2D eigenvalue weighted by Gasteiger charge is -2.06. The minimum Gasteiger partial charge on any atom is -0.496 e. The predicted molar refractivity (Wildman–Crippen MR) is 60.7 cm³/mol. The molecule has 0 heterocycles. The van der Waals surface area contributed by atoms with Crippen molar-refractivity contribution in [1.29, 1.82) is 0 Å². The summed E-state index contributed by atoms with van der Waals surface area (Å²) in [6.07, 6.45) is 0. The molecule has 0 amide bonds. The van der Waals surface area contributed by atoms with Gasteiger partial charge in [0, 0.05) is 4.47 Å². The van der Waals surface area contributed by atoms with Crippen LogP contribution in [0.3, 0.4) is 0 Å². The van der Waals surface area contributed by atoms with Crippen molar-refractivity contribution in [2.75, 3.05) is 7.11 Å². The molecule has 0 saturated heterocycles. The summed E-state index contributed by atoms with van der Waals surface area (Å²) in [5, 5.41) is 0. The van der Waals surface area contributed by atoms with Gasteiger partial charge in [-0.1, -0.05) is 0 Å². The van der Waals surface area contributed by atoms with Crippen molar-refractivity contribution in [3.05, 3.63) is 21.1 Å². The van der Waals surface area contributed by atoms with E-state index in [4.69, 9.17) is 15.4 Å². The molecule has 0 N–H and O–H groups in total. The quantitative estimate of drug-likeness (QED) is 0.765. The average Bonchev–Trinajstić information content (AvgIpc) is 2.03. The molecule has 0 spiro atoms. The third-order valence-corrected chi connectivity index (χ3v) is 4.10. The molecule has 1 aromatic carbocycles. The summed E-state index contributed by atoms with van der Waals surface area (Å²) in [5.74, 6) is 0.604. The maximum Gasteiger partial charge on any atom is 0.148 e.